The number of rotatable bonds is 9. The number of ether oxygens (including phenoxy) is 3. The Hall–Kier alpha value is -1.10. The first-order valence-electron chi connectivity index (χ1n) is 6.81. The molecule has 1 aromatic carbocycles. The lowest BCUT2D eigenvalue weighted by molar-refractivity contribution is -0.133. The maximum atomic E-state index is 5.50. The average molecular weight is 267 g/mol. The van der Waals surface area contributed by atoms with Gasteiger partial charge < -0.3 is 19.5 Å². The highest BCUT2D eigenvalue weighted by Crippen LogP contribution is 2.17. The first kappa shape index (κ1) is 16.0. The van der Waals surface area contributed by atoms with Crippen molar-refractivity contribution >= 4 is 0 Å². The molecule has 0 aliphatic carbocycles. The van der Waals surface area contributed by atoms with Gasteiger partial charge in [0.2, 0.25) is 0 Å². The van der Waals surface area contributed by atoms with E-state index in [-0.39, 0.29) is 12.3 Å². The lowest BCUT2D eigenvalue weighted by atomic mass is 10.1. The molecule has 0 fully saturated rings. The molecule has 0 amide bonds. The molecule has 0 radical (unpaired) electrons. The SMILES string of the molecule is CCOC(CN[C@@H](C)c1ccc(OC)cc1)OCC. The van der Waals surface area contributed by atoms with Gasteiger partial charge >= 0.3 is 0 Å². The largest absolute Gasteiger partial charge is 0.497 e. The third kappa shape index (κ3) is 5.59. The second-order valence-corrected chi connectivity index (χ2v) is 4.24. The predicted molar refractivity (Wildman–Crippen MR) is 76.5 cm³/mol. The van der Waals surface area contributed by atoms with Crippen LogP contribution in [0.15, 0.2) is 24.3 Å². The highest BCUT2D eigenvalue weighted by atomic mass is 16.7. The molecule has 1 atom stereocenters. The molecule has 0 spiro atoms. The molecular formula is C15H25NO3. The van der Waals surface area contributed by atoms with Crippen LogP contribution in [0.3, 0.4) is 0 Å². The zero-order chi connectivity index (χ0) is 14.1. The molecule has 0 aromatic heterocycles. The first-order chi connectivity index (χ1) is 9.21. The van der Waals surface area contributed by atoms with Gasteiger partial charge in [-0.05, 0) is 38.5 Å². The van der Waals surface area contributed by atoms with Gasteiger partial charge in [-0.1, -0.05) is 12.1 Å². The Morgan fingerprint density at radius 2 is 1.63 bits per heavy atom. The third-order valence-corrected chi connectivity index (χ3v) is 2.91. The minimum atomic E-state index is -0.185. The normalized spacial score (nSPS) is 12.7. The number of methoxy groups -OCH3 is 1. The van der Waals surface area contributed by atoms with Crippen LogP contribution in [0, 0.1) is 0 Å². The second kappa shape index (κ2) is 8.91. The van der Waals surface area contributed by atoms with Crippen LogP contribution >= 0.6 is 0 Å². The highest BCUT2D eigenvalue weighted by molar-refractivity contribution is 5.28. The molecule has 19 heavy (non-hydrogen) atoms. The lowest BCUT2D eigenvalue weighted by Gasteiger charge is -2.21. The van der Waals surface area contributed by atoms with Crippen LogP contribution in [0.1, 0.15) is 32.4 Å². The fraction of sp³-hybridized carbons (Fsp3) is 0.600. The summed E-state index contributed by atoms with van der Waals surface area (Å²) < 4.78 is 16.2. The molecule has 0 aliphatic heterocycles. The minimum absolute atomic E-state index is 0.185. The van der Waals surface area contributed by atoms with Crippen molar-refractivity contribution in [2.24, 2.45) is 0 Å². The van der Waals surface area contributed by atoms with E-state index in [1.165, 1.54) is 5.56 Å². The summed E-state index contributed by atoms with van der Waals surface area (Å²) in [6, 6.07) is 8.31. The van der Waals surface area contributed by atoms with Crippen LogP contribution in [0.2, 0.25) is 0 Å². The van der Waals surface area contributed by atoms with Crippen LogP contribution in [0.4, 0.5) is 0 Å². The van der Waals surface area contributed by atoms with Crippen molar-refractivity contribution in [3.8, 4) is 5.75 Å². The molecule has 108 valence electrons. The van der Waals surface area contributed by atoms with Crippen LogP contribution in [-0.2, 0) is 9.47 Å². The molecule has 0 unspecified atom stereocenters. The summed E-state index contributed by atoms with van der Waals surface area (Å²) in [7, 11) is 1.67. The van der Waals surface area contributed by atoms with Crippen molar-refractivity contribution in [2.75, 3.05) is 26.9 Å². The van der Waals surface area contributed by atoms with E-state index in [1.54, 1.807) is 7.11 Å². The van der Waals surface area contributed by atoms with Crippen molar-refractivity contribution in [1.82, 2.24) is 5.32 Å². The van der Waals surface area contributed by atoms with E-state index in [0.717, 1.165) is 5.75 Å². The van der Waals surface area contributed by atoms with Gasteiger partial charge in [0.1, 0.15) is 5.75 Å². The molecule has 4 nitrogen and oxygen atoms in total. The van der Waals surface area contributed by atoms with Crippen LogP contribution in [0.25, 0.3) is 0 Å². The van der Waals surface area contributed by atoms with E-state index in [0.29, 0.717) is 19.8 Å². The Balaban J connectivity index is 2.45. The second-order valence-electron chi connectivity index (χ2n) is 4.24. The first-order valence-corrected chi connectivity index (χ1v) is 6.81. The van der Waals surface area contributed by atoms with Gasteiger partial charge in [0.05, 0.1) is 7.11 Å². The molecule has 0 saturated heterocycles. The standard InChI is InChI=1S/C15H25NO3/c1-5-18-15(19-6-2)11-16-12(3)13-7-9-14(17-4)10-8-13/h7-10,12,15-16H,5-6,11H2,1-4H3/t12-/m0/s1. The van der Waals surface area contributed by atoms with Gasteiger partial charge in [0.25, 0.3) is 0 Å². The molecule has 1 aromatic rings. The summed E-state index contributed by atoms with van der Waals surface area (Å²) in [6.07, 6.45) is -0.185. The van der Waals surface area contributed by atoms with Crippen molar-refractivity contribution in [1.29, 1.82) is 0 Å². The molecule has 1 N–H and O–H groups in total. The Morgan fingerprint density at radius 1 is 1.05 bits per heavy atom. The maximum absolute atomic E-state index is 5.50. The van der Waals surface area contributed by atoms with Crippen LogP contribution in [0.5, 0.6) is 5.75 Å². The van der Waals surface area contributed by atoms with E-state index < -0.39 is 0 Å². The molecule has 0 bridgehead atoms. The van der Waals surface area contributed by atoms with E-state index >= 15 is 0 Å². The summed E-state index contributed by atoms with van der Waals surface area (Å²) in [4.78, 5) is 0. The molecule has 0 heterocycles. The van der Waals surface area contributed by atoms with Gasteiger partial charge in [0.15, 0.2) is 6.29 Å². The summed E-state index contributed by atoms with van der Waals surface area (Å²) in [6.45, 7) is 8.05. The van der Waals surface area contributed by atoms with Gasteiger partial charge in [0, 0.05) is 25.8 Å². The zero-order valence-electron chi connectivity index (χ0n) is 12.3. The monoisotopic (exact) mass is 267 g/mol. The minimum Gasteiger partial charge on any atom is -0.497 e. The molecule has 0 aliphatic rings. The Labute approximate surface area is 116 Å². The smallest absolute Gasteiger partial charge is 0.169 e. The molecular weight excluding hydrogens is 242 g/mol. The summed E-state index contributed by atoms with van der Waals surface area (Å²) in [5.41, 5.74) is 1.22. The van der Waals surface area contributed by atoms with Gasteiger partial charge in [-0.2, -0.15) is 0 Å². The van der Waals surface area contributed by atoms with E-state index in [2.05, 4.69) is 24.4 Å². The fourth-order valence-electron chi connectivity index (χ4n) is 1.82. The van der Waals surface area contributed by atoms with Gasteiger partial charge in [-0.15, -0.1) is 0 Å². The highest BCUT2D eigenvalue weighted by Gasteiger charge is 2.11. The predicted octanol–water partition coefficient (Wildman–Crippen LogP) is 2.74. The Morgan fingerprint density at radius 3 is 2.11 bits per heavy atom. The maximum Gasteiger partial charge on any atom is 0.169 e. The van der Waals surface area contributed by atoms with E-state index in [9.17, 15) is 0 Å². The summed E-state index contributed by atoms with van der Waals surface area (Å²) >= 11 is 0. The number of benzene rings is 1. The number of hydrogen-bond acceptors (Lipinski definition) is 4. The van der Waals surface area contributed by atoms with Crippen molar-refractivity contribution < 1.29 is 14.2 Å². The molecule has 0 saturated carbocycles. The van der Waals surface area contributed by atoms with E-state index in [4.69, 9.17) is 14.2 Å². The van der Waals surface area contributed by atoms with Crippen LogP contribution < -0.4 is 10.1 Å². The molecule has 4 heteroatoms. The van der Waals surface area contributed by atoms with Crippen molar-refractivity contribution in [3.63, 3.8) is 0 Å². The number of hydrogen-bond donors (Lipinski definition) is 1. The Kier molecular flexibility index (Phi) is 7.48. The number of nitrogens with one attached hydrogen (secondary N) is 1. The topological polar surface area (TPSA) is 39.7 Å². The Bertz CT molecular complexity index is 334. The summed E-state index contributed by atoms with van der Waals surface area (Å²) in [5, 5.41) is 3.42. The van der Waals surface area contributed by atoms with Crippen LogP contribution in [-0.4, -0.2) is 33.2 Å². The lowest BCUT2D eigenvalue weighted by Crippen LogP contribution is -2.33. The quantitative estimate of drug-likeness (QED) is 0.698. The van der Waals surface area contributed by atoms with Gasteiger partial charge in [-0.25, -0.2) is 0 Å². The van der Waals surface area contributed by atoms with Crippen molar-refractivity contribution in [2.45, 2.75) is 33.1 Å². The summed E-state index contributed by atoms with van der Waals surface area (Å²) in [5.74, 6) is 0.873. The fourth-order valence-corrected chi connectivity index (χ4v) is 1.82. The molecule has 1 rings (SSSR count). The van der Waals surface area contributed by atoms with Gasteiger partial charge in [-0.3, -0.25) is 0 Å². The zero-order valence-corrected chi connectivity index (χ0v) is 12.3. The van der Waals surface area contributed by atoms with Crippen molar-refractivity contribution in [3.05, 3.63) is 29.8 Å². The average Bonchev–Trinajstić information content (AvgIpc) is 2.45. The third-order valence-electron chi connectivity index (χ3n) is 2.91. The van der Waals surface area contributed by atoms with E-state index in [1.807, 2.05) is 26.0 Å².